The van der Waals surface area contributed by atoms with Gasteiger partial charge in [0.1, 0.15) is 22.8 Å². The first-order valence-electron chi connectivity index (χ1n) is 16.4. The first-order chi connectivity index (χ1) is 23.6. The summed E-state index contributed by atoms with van der Waals surface area (Å²) in [7, 11) is 0. The molecule has 4 aromatic rings. The number of alkyl halides is 3. The number of rotatable bonds is 8. The first kappa shape index (κ1) is 33.0. The van der Waals surface area contributed by atoms with E-state index < -0.39 is 40.7 Å². The number of aromatic nitrogens is 4. The van der Waals surface area contributed by atoms with Crippen molar-refractivity contribution in [3.8, 4) is 22.8 Å². The van der Waals surface area contributed by atoms with Gasteiger partial charge in [0, 0.05) is 36.8 Å². The Morgan fingerprint density at radius 2 is 1.73 bits per heavy atom. The maximum absolute atomic E-state index is 16.0. The quantitative estimate of drug-likeness (QED) is 0.173. The maximum atomic E-state index is 16.0. The Labute approximate surface area is 279 Å². The van der Waals surface area contributed by atoms with Crippen LogP contribution in [0.3, 0.4) is 0 Å². The molecule has 1 aliphatic carbocycles. The van der Waals surface area contributed by atoms with Crippen molar-refractivity contribution in [3.05, 3.63) is 89.6 Å². The lowest BCUT2D eigenvalue weighted by atomic mass is 9.72. The van der Waals surface area contributed by atoms with Gasteiger partial charge in [-0.15, -0.1) is 0 Å². The van der Waals surface area contributed by atoms with Crippen LogP contribution in [0.1, 0.15) is 55.3 Å². The molecule has 2 saturated heterocycles. The molecule has 4 heterocycles. The second-order valence-corrected chi connectivity index (χ2v) is 13.2. The lowest BCUT2D eigenvalue weighted by molar-refractivity contribution is -0.138. The summed E-state index contributed by atoms with van der Waals surface area (Å²) in [5, 5.41) is 7.53. The Morgan fingerprint density at radius 3 is 2.45 bits per heavy atom. The van der Waals surface area contributed by atoms with Crippen molar-refractivity contribution in [3.63, 3.8) is 0 Å². The normalized spacial score (nSPS) is 18.6. The van der Waals surface area contributed by atoms with E-state index >= 15 is 17.6 Å². The zero-order chi connectivity index (χ0) is 34.2. The average molecular weight is 681 g/mol. The van der Waals surface area contributed by atoms with E-state index in [9.17, 15) is 8.78 Å². The number of hydrogen-bond acceptors (Lipinski definition) is 7. The summed E-state index contributed by atoms with van der Waals surface area (Å²) >= 11 is 0. The van der Waals surface area contributed by atoms with Crippen LogP contribution in [0.4, 0.5) is 32.0 Å². The molecule has 0 radical (unpaired) electrons. The molecular weight excluding hydrogens is 646 g/mol. The Bertz CT molecular complexity index is 1840. The fraction of sp³-hybridized carbons (Fsp3) is 0.389. The second kappa shape index (κ2) is 13.4. The predicted octanol–water partition coefficient (Wildman–Crippen LogP) is 8.58. The van der Waals surface area contributed by atoms with Crippen molar-refractivity contribution in [2.75, 3.05) is 37.6 Å². The van der Waals surface area contributed by atoms with E-state index in [4.69, 9.17) is 4.74 Å². The molecule has 7 rings (SSSR count). The summed E-state index contributed by atoms with van der Waals surface area (Å²) in [6, 6.07) is 6.37. The molecule has 3 aliphatic rings. The van der Waals surface area contributed by atoms with E-state index in [2.05, 4.69) is 25.1 Å². The lowest BCUT2D eigenvalue weighted by Gasteiger charge is -2.49. The molecule has 1 spiro atoms. The minimum absolute atomic E-state index is 0.0437. The summed E-state index contributed by atoms with van der Waals surface area (Å²) < 4.78 is 95.4. The molecule has 0 amide bonds. The third kappa shape index (κ3) is 7.41. The summed E-state index contributed by atoms with van der Waals surface area (Å²) in [6.45, 7) is 3.47. The van der Waals surface area contributed by atoms with Crippen molar-refractivity contribution in [1.82, 2.24) is 25.1 Å². The Morgan fingerprint density at radius 1 is 0.939 bits per heavy atom. The van der Waals surface area contributed by atoms with E-state index in [1.807, 2.05) is 0 Å². The molecule has 13 heteroatoms. The maximum Gasteiger partial charge on any atom is 0.422 e. The minimum atomic E-state index is -4.98. The first-order valence-corrected chi connectivity index (χ1v) is 16.4. The van der Waals surface area contributed by atoms with Gasteiger partial charge in [0.15, 0.2) is 17.4 Å². The fourth-order valence-corrected chi connectivity index (χ4v) is 7.04. The number of benzene rings is 2. The molecule has 2 aliphatic heterocycles. The number of anilines is 1. The van der Waals surface area contributed by atoms with Gasteiger partial charge in [-0.2, -0.15) is 23.4 Å². The van der Waals surface area contributed by atoms with E-state index in [-0.39, 0.29) is 22.4 Å². The molecule has 0 atom stereocenters. The van der Waals surface area contributed by atoms with Gasteiger partial charge in [-0.3, -0.25) is 4.98 Å². The standard InChI is InChI=1S/C36H34F6N6O/c37-26-5-7-31(28(39)17-26)49-32-6-4-24(16-27(38)30-20-43-19-29(46-30)25-8-12-44-45-18-25)34(33(32)36(40,41)42)48-13-1-9-35(22-48)10-14-47(15-11-35)21-23-2-3-23/h4-8,12,16-20,23H,1-3,9-11,13-15,21-22H2/b27-16-. The third-order valence-corrected chi connectivity index (χ3v) is 9.72. The molecule has 0 bridgehead atoms. The van der Waals surface area contributed by atoms with Crippen LogP contribution in [0.2, 0.25) is 0 Å². The minimum Gasteiger partial charge on any atom is -0.454 e. The number of piperidine rings is 2. The molecule has 2 aromatic heterocycles. The van der Waals surface area contributed by atoms with Gasteiger partial charge in [0.2, 0.25) is 0 Å². The molecule has 49 heavy (non-hydrogen) atoms. The Hall–Kier alpha value is -4.52. The van der Waals surface area contributed by atoms with Crippen molar-refractivity contribution in [2.24, 2.45) is 11.3 Å². The number of halogens is 6. The summed E-state index contributed by atoms with van der Waals surface area (Å²) in [6.07, 6.45) is 7.26. The monoisotopic (exact) mass is 680 g/mol. The highest BCUT2D eigenvalue weighted by atomic mass is 19.4. The fourth-order valence-electron chi connectivity index (χ4n) is 7.04. The lowest BCUT2D eigenvalue weighted by Crippen LogP contribution is -2.50. The molecule has 0 unspecified atom stereocenters. The molecular formula is C36H34F6N6O. The van der Waals surface area contributed by atoms with E-state index in [1.165, 1.54) is 43.7 Å². The SMILES string of the molecule is F/C(=C\c1ccc(Oc2ccc(F)cc2F)c(C(F)(F)F)c1N1CCCC2(CCN(CC3CC3)CC2)C1)c1cncc(-c2ccnnc2)n1. The molecule has 1 saturated carbocycles. The van der Waals surface area contributed by atoms with Gasteiger partial charge >= 0.3 is 6.18 Å². The third-order valence-electron chi connectivity index (χ3n) is 9.72. The van der Waals surface area contributed by atoms with Gasteiger partial charge in [0.25, 0.3) is 0 Å². The molecule has 256 valence electrons. The van der Waals surface area contributed by atoms with Crippen LogP contribution in [0.15, 0.2) is 61.2 Å². The summed E-state index contributed by atoms with van der Waals surface area (Å²) in [4.78, 5) is 12.6. The van der Waals surface area contributed by atoms with Crippen LogP contribution in [0.25, 0.3) is 23.2 Å². The van der Waals surface area contributed by atoms with Crippen LogP contribution in [0, 0.1) is 23.0 Å². The zero-order valence-electron chi connectivity index (χ0n) is 26.6. The second-order valence-electron chi connectivity index (χ2n) is 13.2. The van der Waals surface area contributed by atoms with E-state index in [1.54, 1.807) is 11.0 Å². The van der Waals surface area contributed by atoms with Crippen molar-refractivity contribution < 1.29 is 31.1 Å². The van der Waals surface area contributed by atoms with Crippen molar-refractivity contribution >= 4 is 17.6 Å². The van der Waals surface area contributed by atoms with Crippen LogP contribution < -0.4 is 9.64 Å². The topological polar surface area (TPSA) is 67.3 Å². The predicted molar refractivity (Wildman–Crippen MR) is 172 cm³/mol. The van der Waals surface area contributed by atoms with Crippen LogP contribution >= 0.6 is 0 Å². The number of nitrogens with zero attached hydrogens (tertiary/aromatic N) is 6. The average Bonchev–Trinajstić information content (AvgIpc) is 3.92. The molecule has 2 aromatic carbocycles. The van der Waals surface area contributed by atoms with Gasteiger partial charge in [-0.05, 0) is 99.4 Å². The molecule has 0 N–H and O–H groups in total. The highest BCUT2D eigenvalue weighted by molar-refractivity contribution is 5.84. The van der Waals surface area contributed by atoms with Crippen molar-refractivity contribution in [1.29, 1.82) is 0 Å². The van der Waals surface area contributed by atoms with Crippen molar-refractivity contribution in [2.45, 2.75) is 44.7 Å². The smallest absolute Gasteiger partial charge is 0.422 e. The Kier molecular flexibility index (Phi) is 9.03. The number of ether oxygens (including phenoxy) is 1. The van der Waals surface area contributed by atoms with Crippen LogP contribution in [-0.2, 0) is 6.18 Å². The largest absolute Gasteiger partial charge is 0.454 e. The van der Waals surface area contributed by atoms with Gasteiger partial charge in [-0.25, -0.2) is 18.2 Å². The zero-order valence-corrected chi connectivity index (χ0v) is 26.6. The number of likely N-dealkylation sites (tertiary alicyclic amines) is 1. The van der Waals surface area contributed by atoms with Gasteiger partial charge < -0.3 is 14.5 Å². The highest BCUT2D eigenvalue weighted by Gasteiger charge is 2.44. The summed E-state index contributed by atoms with van der Waals surface area (Å²) in [5.41, 5.74) is -1.01. The van der Waals surface area contributed by atoms with Crippen LogP contribution in [0.5, 0.6) is 11.5 Å². The van der Waals surface area contributed by atoms with Crippen LogP contribution in [-0.4, -0.2) is 57.8 Å². The van der Waals surface area contributed by atoms with E-state index in [0.29, 0.717) is 36.8 Å². The molecule has 3 fully saturated rings. The van der Waals surface area contributed by atoms with Gasteiger partial charge in [-0.1, -0.05) is 0 Å². The summed E-state index contributed by atoms with van der Waals surface area (Å²) in [5.74, 6) is -3.44. The van der Waals surface area contributed by atoms with Gasteiger partial charge in [0.05, 0.1) is 36.2 Å². The highest BCUT2D eigenvalue weighted by Crippen LogP contribution is 2.50. The molecule has 7 nitrogen and oxygen atoms in total. The number of hydrogen-bond donors (Lipinski definition) is 0. The Balaban J connectivity index is 1.30. The van der Waals surface area contributed by atoms with E-state index in [0.717, 1.165) is 69.1 Å².